The van der Waals surface area contributed by atoms with Gasteiger partial charge in [0.05, 0.1) is 28.6 Å². The molecule has 0 saturated carbocycles. The number of carboxylic acid groups (broad SMARTS) is 1. The molecule has 2 aromatic carbocycles. The van der Waals surface area contributed by atoms with Crippen LogP contribution < -0.4 is 4.74 Å². The van der Waals surface area contributed by atoms with E-state index in [-0.39, 0.29) is 6.61 Å². The standard InChI is InChI=1S/C26H22F3N3O3/c1-25(2,24(33)34)15-35-20-9-6-16(7-10-20)21-11-8-18(13-30-21)23-31-14-22(32-23)17-4-3-5-19(12-17)26(27,28)29/h3-14H,15H2,1-2H3,(H,31,32)(H,33,34). The molecule has 0 aliphatic carbocycles. The number of nitrogens with one attached hydrogen (secondary N) is 1. The molecule has 2 heterocycles. The van der Waals surface area contributed by atoms with Crippen molar-refractivity contribution < 1.29 is 27.8 Å². The lowest BCUT2D eigenvalue weighted by atomic mass is 9.95. The van der Waals surface area contributed by atoms with Crippen LogP contribution in [0.2, 0.25) is 0 Å². The van der Waals surface area contributed by atoms with Crippen molar-refractivity contribution in [2.75, 3.05) is 6.61 Å². The van der Waals surface area contributed by atoms with Gasteiger partial charge in [0.1, 0.15) is 18.2 Å². The zero-order chi connectivity index (χ0) is 25.2. The monoisotopic (exact) mass is 481 g/mol. The number of alkyl halides is 3. The van der Waals surface area contributed by atoms with Crippen LogP contribution in [-0.4, -0.2) is 32.6 Å². The lowest BCUT2D eigenvalue weighted by molar-refractivity contribution is -0.148. The number of rotatable bonds is 7. The van der Waals surface area contributed by atoms with E-state index < -0.39 is 23.1 Å². The first kappa shape index (κ1) is 24.0. The van der Waals surface area contributed by atoms with Gasteiger partial charge in [-0.05, 0) is 62.4 Å². The van der Waals surface area contributed by atoms with Crippen molar-refractivity contribution >= 4 is 5.97 Å². The molecule has 6 nitrogen and oxygen atoms in total. The predicted octanol–water partition coefficient (Wildman–Crippen LogP) is 6.31. The van der Waals surface area contributed by atoms with Crippen LogP contribution in [0.3, 0.4) is 0 Å². The third kappa shape index (κ3) is 5.51. The minimum Gasteiger partial charge on any atom is -0.492 e. The molecule has 0 fully saturated rings. The number of hydrogen-bond acceptors (Lipinski definition) is 4. The molecule has 0 atom stereocenters. The van der Waals surface area contributed by atoms with Gasteiger partial charge in [-0.3, -0.25) is 9.78 Å². The highest BCUT2D eigenvalue weighted by Gasteiger charge is 2.30. The molecule has 0 aliphatic heterocycles. The Balaban J connectivity index is 1.46. The van der Waals surface area contributed by atoms with Gasteiger partial charge in [-0.2, -0.15) is 13.2 Å². The van der Waals surface area contributed by atoms with Crippen LogP contribution in [0.15, 0.2) is 73.1 Å². The van der Waals surface area contributed by atoms with E-state index in [0.717, 1.165) is 17.7 Å². The average molecular weight is 481 g/mol. The summed E-state index contributed by atoms with van der Waals surface area (Å²) in [5.41, 5.74) is 1.36. The maximum absolute atomic E-state index is 13.0. The van der Waals surface area contributed by atoms with Gasteiger partial charge >= 0.3 is 12.1 Å². The molecule has 35 heavy (non-hydrogen) atoms. The fourth-order valence-electron chi connectivity index (χ4n) is 3.23. The molecule has 0 saturated heterocycles. The van der Waals surface area contributed by atoms with Crippen molar-refractivity contribution in [2.24, 2.45) is 5.41 Å². The van der Waals surface area contributed by atoms with Crippen LogP contribution >= 0.6 is 0 Å². The second-order valence-electron chi connectivity index (χ2n) is 8.66. The van der Waals surface area contributed by atoms with Crippen LogP contribution in [-0.2, 0) is 11.0 Å². The van der Waals surface area contributed by atoms with Gasteiger partial charge in [-0.25, -0.2) is 4.98 Å². The number of aliphatic carboxylic acids is 1. The fraction of sp³-hybridized carbons (Fsp3) is 0.192. The molecule has 180 valence electrons. The van der Waals surface area contributed by atoms with Crippen molar-refractivity contribution in [1.82, 2.24) is 15.0 Å². The summed E-state index contributed by atoms with van der Waals surface area (Å²) < 4.78 is 44.6. The largest absolute Gasteiger partial charge is 0.492 e. The second-order valence-corrected chi connectivity index (χ2v) is 8.66. The van der Waals surface area contributed by atoms with Crippen LogP contribution in [0.4, 0.5) is 13.2 Å². The van der Waals surface area contributed by atoms with Crippen LogP contribution in [0.5, 0.6) is 5.75 Å². The van der Waals surface area contributed by atoms with E-state index >= 15 is 0 Å². The Morgan fingerprint density at radius 1 is 0.943 bits per heavy atom. The lowest BCUT2D eigenvalue weighted by Gasteiger charge is -2.19. The summed E-state index contributed by atoms with van der Waals surface area (Å²) in [7, 11) is 0. The third-order valence-corrected chi connectivity index (χ3v) is 5.44. The summed E-state index contributed by atoms with van der Waals surface area (Å²) in [6.45, 7) is 3.23. The number of aromatic nitrogens is 3. The first-order valence-corrected chi connectivity index (χ1v) is 10.7. The predicted molar refractivity (Wildman–Crippen MR) is 125 cm³/mol. The van der Waals surface area contributed by atoms with Crippen molar-refractivity contribution in [2.45, 2.75) is 20.0 Å². The molecule has 0 amide bonds. The highest BCUT2D eigenvalue weighted by Crippen LogP contribution is 2.32. The van der Waals surface area contributed by atoms with Gasteiger partial charge < -0.3 is 14.8 Å². The minimum absolute atomic E-state index is 0.0419. The van der Waals surface area contributed by atoms with Crippen LogP contribution in [0.1, 0.15) is 19.4 Å². The van der Waals surface area contributed by atoms with Crippen molar-refractivity contribution in [3.63, 3.8) is 0 Å². The number of ether oxygens (including phenoxy) is 1. The van der Waals surface area contributed by atoms with Crippen molar-refractivity contribution in [1.29, 1.82) is 0 Å². The van der Waals surface area contributed by atoms with E-state index in [1.165, 1.54) is 12.3 Å². The van der Waals surface area contributed by atoms with Crippen molar-refractivity contribution in [3.8, 4) is 39.7 Å². The first-order chi connectivity index (χ1) is 16.5. The Labute approximate surface area is 199 Å². The first-order valence-electron chi connectivity index (χ1n) is 10.7. The Bertz CT molecular complexity index is 1330. The SMILES string of the molecule is CC(C)(COc1ccc(-c2ccc(-c3ncc(-c4cccc(C(F)(F)F)c4)[nH]3)cn2)cc1)C(=O)O. The van der Waals surface area contributed by atoms with E-state index in [4.69, 9.17) is 4.74 Å². The number of carboxylic acids is 1. The number of benzene rings is 2. The van der Waals surface area contributed by atoms with Gasteiger partial charge in [0, 0.05) is 22.9 Å². The second kappa shape index (κ2) is 9.25. The fourth-order valence-corrected chi connectivity index (χ4v) is 3.23. The molecule has 0 spiro atoms. The number of aromatic amines is 1. The Morgan fingerprint density at radius 2 is 1.66 bits per heavy atom. The average Bonchev–Trinajstić information content (AvgIpc) is 3.33. The minimum atomic E-state index is -4.42. The summed E-state index contributed by atoms with van der Waals surface area (Å²) in [5.74, 6) is 0.107. The molecular weight excluding hydrogens is 459 g/mol. The molecular formula is C26H22F3N3O3. The molecule has 9 heteroatoms. The maximum Gasteiger partial charge on any atom is 0.416 e. The highest BCUT2D eigenvalue weighted by atomic mass is 19.4. The van der Waals surface area contributed by atoms with Gasteiger partial charge in [-0.15, -0.1) is 0 Å². The van der Waals surface area contributed by atoms with E-state index in [1.54, 1.807) is 38.2 Å². The smallest absolute Gasteiger partial charge is 0.416 e. The summed E-state index contributed by atoms with van der Waals surface area (Å²) in [5, 5.41) is 9.18. The Morgan fingerprint density at radius 3 is 2.29 bits per heavy atom. The zero-order valence-electron chi connectivity index (χ0n) is 18.9. The molecule has 0 aliphatic rings. The molecule has 2 aromatic heterocycles. The topological polar surface area (TPSA) is 88.1 Å². The number of hydrogen-bond donors (Lipinski definition) is 2. The summed E-state index contributed by atoms with van der Waals surface area (Å²) >= 11 is 0. The summed E-state index contributed by atoms with van der Waals surface area (Å²) in [4.78, 5) is 23.0. The molecule has 2 N–H and O–H groups in total. The van der Waals surface area contributed by atoms with Crippen LogP contribution in [0.25, 0.3) is 33.9 Å². The van der Waals surface area contributed by atoms with Gasteiger partial charge in [0.15, 0.2) is 0 Å². The Kier molecular flexibility index (Phi) is 6.34. The number of halogens is 3. The highest BCUT2D eigenvalue weighted by molar-refractivity contribution is 5.73. The number of pyridine rings is 1. The van der Waals surface area contributed by atoms with Gasteiger partial charge in [-0.1, -0.05) is 12.1 Å². The summed E-state index contributed by atoms with van der Waals surface area (Å²) in [6, 6.07) is 15.8. The number of nitrogens with zero attached hydrogens (tertiary/aromatic N) is 2. The summed E-state index contributed by atoms with van der Waals surface area (Å²) in [6.07, 6.45) is -1.30. The van der Waals surface area contributed by atoms with E-state index in [1.807, 2.05) is 24.3 Å². The van der Waals surface area contributed by atoms with Crippen LogP contribution in [0, 0.1) is 5.41 Å². The quantitative estimate of drug-likeness (QED) is 0.323. The lowest BCUT2D eigenvalue weighted by Crippen LogP contribution is -2.30. The van der Waals surface area contributed by atoms with E-state index in [0.29, 0.717) is 34.1 Å². The maximum atomic E-state index is 13.0. The molecule has 0 bridgehead atoms. The number of imidazole rings is 1. The Hall–Kier alpha value is -4.14. The van der Waals surface area contributed by atoms with E-state index in [9.17, 15) is 23.1 Å². The number of H-pyrrole nitrogens is 1. The molecule has 0 radical (unpaired) electrons. The van der Waals surface area contributed by atoms with Gasteiger partial charge in [0.2, 0.25) is 0 Å². The third-order valence-electron chi connectivity index (χ3n) is 5.44. The molecule has 4 rings (SSSR count). The zero-order valence-corrected chi connectivity index (χ0v) is 18.9. The van der Waals surface area contributed by atoms with E-state index in [2.05, 4.69) is 15.0 Å². The number of carbonyl (C=O) groups is 1. The molecule has 4 aromatic rings. The normalized spacial score (nSPS) is 11.9. The van der Waals surface area contributed by atoms with Gasteiger partial charge in [0.25, 0.3) is 0 Å². The molecule has 0 unspecified atom stereocenters. The van der Waals surface area contributed by atoms with Crippen molar-refractivity contribution in [3.05, 3.63) is 78.6 Å².